The highest BCUT2D eigenvalue weighted by atomic mass is 32.2. The lowest BCUT2D eigenvalue weighted by Gasteiger charge is -2.11. The number of carbonyl (C=O) groups is 2. The zero-order valence-corrected chi connectivity index (χ0v) is 13.8. The van der Waals surface area contributed by atoms with Gasteiger partial charge in [-0.2, -0.15) is 0 Å². The van der Waals surface area contributed by atoms with E-state index in [1.807, 2.05) is 32.0 Å². The highest BCUT2D eigenvalue weighted by Gasteiger charge is 2.09. The molecule has 7 heteroatoms. The van der Waals surface area contributed by atoms with Gasteiger partial charge in [-0.25, -0.2) is 9.97 Å². The number of aryl methyl sites for hydroxylation is 2. The van der Waals surface area contributed by atoms with Gasteiger partial charge < -0.3 is 10.6 Å². The highest BCUT2D eigenvalue weighted by molar-refractivity contribution is 7.99. The van der Waals surface area contributed by atoms with Crippen LogP contribution >= 0.6 is 11.8 Å². The second-order valence-electron chi connectivity index (χ2n) is 4.91. The predicted octanol–water partition coefficient (Wildman–Crippen LogP) is 1.94. The summed E-state index contributed by atoms with van der Waals surface area (Å²) in [5.74, 6) is -0.323. The van der Waals surface area contributed by atoms with Crippen LogP contribution in [0.2, 0.25) is 0 Å². The van der Waals surface area contributed by atoms with Crippen LogP contribution in [0.1, 0.15) is 11.1 Å². The second kappa shape index (κ2) is 8.28. The molecular weight excluding hydrogens is 312 g/mol. The van der Waals surface area contributed by atoms with Gasteiger partial charge in [0.1, 0.15) is 0 Å². The van der Waals surface area contributed by atoms with Crippen LogP contribution in [0.5, 0.6) is 0 Å². The number of rotatable bonds is 6. The first kappa shape index (κ1) is 17.0. The third-order valence-electron chi connectivity index (χ3n) is 3.07. The summed E-state index contributed by atoms with van der Waals surface area (Å²) in [7, 11) is 0. The molecule has 2 amide bonds. The monoisotopic (exact) mass is 330 g/mol. The zero-order chi connectivity index (χ0) is 16.7. The van der Waals surface area contributed by atoms with E-state index in [0.717, 1.165) is 16.8 Å². The maximum atomic E-state index is 11.9. The molecule has 2 rings (SSSR count). The second-order valence-corrected chi connectivity index (χ2v) is 5.85. The Morgan fingerprint density at radius 1 is 1.04 bits per heavy atom. The Kier molecular flexibility index (Phi) is 6.10. The zero-order valence-electron chi connectivity index (χ0n) is 13.0. The first-order valence-corrected chi connectivity index (χ1v) is 8.07. The van der Waals surface area contributed by atoms with Crippen LogP contribution in [-0.4, -0.2) is 34.1 Å². The summed E-state index contributed by atoms with van der Waals surface area (Å²) in [5, 5.41) is 5.94. The number of anilines is 1. The number of hydrogen-bond acceptors (Lipinski definition) is 5. The van der Waals surface area contributed by atoms with Gasteiger partial charge in [0, 0.05) is 18.1 Å². The van der Waals surface area contributed by atoms with E-state index in [1.165, 1.54) is 11.8 Å². The van der Waals surface area contributed by atoms with Gasteiger partial charge in [0.25, 0.3) is 0 Å². The van der Waals surface area contributed by atoms with E-state index in [1.54, 1.807) is 18.5 Å². The van der Waals surface area contributed by atoms with E-state index < -0.39 is 0 Å². The number of benzene rings is 1. The van der Waals surface area contributed by atoms with Crippen molar-refractivity contribution in [1.82, 2.24) is 15.3 Å². The molecule has 1 heterocycles. The van der Waals surface area contributed by atoms with E-state index in [-0.39, 0.29) is 24.1 Å². The number of hydrogen-bond donors (Lipinski definition) is 2. The largest absolute Gasteiger partial charge is 0.346 e. The van der Waals surface area contributed by atoms with Crippen LogP contribution in [0, 0.1) is 13.8 Å². The fourth-order valence-corrected chi connectivity index (χ4v) is 2.55. The van der Waals surface area contributed by atoms with Crippen molar-refractivity contribution >= 4 is 29.3 Å². The maximum absolute atomic E-state index is 11.9. The van der Waals surface area contributed by atoms with Crippen LogP contribution in [0.4, 0.5) is 5.69 Å². The molecule has 0 atom stereocenters. The molecular formula is C16H18N4O2S. The number of para-hydroxylation sites is 1. The predicted molar refractivity (Wildman–Crippen MR) is 90.3 cm³/mol. The van der Waals surface area contributed by atoms with E-state index in [9.17, 15) is 9.59 Å². The summed E-state index contributed by atoms with van der Waals surface area (Å²) < 4.78 is 0. The minimum absolute atomic E-state index is 0.0667. The normalized spacial score (nSPS) is 10.2. The SMILES string of the molecule is Cc1cccc(C)c1NC(=O)CNC(=O)CSc1ncccn1. The fourth-order valence-electron chi connectivity index (χ4n) is 1.92. The third kappa shape index (κ3) is 5.37. The van der Waals surface area contributed by atoms with Crippen molar-refractivity contribution in [1.29, 1.82) is 0 Å². The number of thioether (sulfide) groups is 1. The molecule has 6 nitrogen and oxygen atoms in total. The van der Waals surface area contributed by atoms with Crippen LogP contribution in [0.15, 0.2) is 41.8 Å². The van der Waals surface area contributed by atoms with Gasteiger partial charge in [-0.1, -0.05) is 30.0 Å². The Morgan fingerprint density at radius 3 is 2.35 bits per heavy atom. The Labute approximate surface area is 139 Å². The van der Waals surface area contributed by atoms with E-state index in [2.05, 4.69) is 20.6 Å². The molecule has 0 saturated carbocycles. The van der Waals surface area contributed by atoms with Gasteiger partial charge in [-0.15, -0.1) is 0 Å². The topological polar surface area (TPSA) is 84.0 Å². The molecule has 0 bridgehead atoms. The summed E-state index contributed by atoms with van der Waals surface area (Å²) in [6.07, 6.45) is 3.23. The molecule has 1 aromatic carbocycles. The average molecular weight is 330 g/mol. The van der Waals surface area contributed by atoms with Crippen LogP contribution < -0.4 is 10.6 Å². The molecule has 2 N–H and O–H groups in total. The maximum Gasteiger partial charge on any atom is 0.243 e. The van der Waals surface area contributed by atoms with Crippen LogP contribution in [-0.2, 0) is 9.59 Å². The quantitative estimate of drug-likeness (QED) is 0.625. The molecule has 0 aliphatic heterocycles. The molecule has 0 saturated heterocycles. The molecule has 0 fully saturated rings. The Bertz CT molecular complexity index is 671. The first-order chi connectivity index (χ1) is 11.1. The molecule has 23 heavy (non-hydrogen) atoms. The van der Waals surface area contributed by atoms with Gasteiger partial charge in [0.2, 0.25) is 11.8 Å². The van der Waals surface area contributed by atoms with Gasteiger partial charge in [-0.05, 0) is 31.0 Å². The number of nitrogens with zero attached hydrogens (tertiary/aromatic N) is 2. The van der Waals surface area contributed by atoms with Gasteiger partial charge in [-0.3, -0.25) is 9.59 Å². The summed E-state index contributed by atoms with van der Waals surface area (Å²) >= 11 is 1.22. The van der Waals surface area contributed by atoms with Crippen molar-refractivity contribution in [3.05, 3.63) is 47.8 Å². The lowest BCUT2D eigenvalue weighted by molar-refractivity contribution is -0.122. The standard InChI is InChI=1S/C16H18N4O2S/c1-11-5-3-6-12(2)15(11)20-13(21)9-19-14(22)10-23-16-17-7-4-8-18-16/h3-8H,9-10H2,1-2H3,(H,19,22)(H,20,21). The van der Waals surface area contributed by atoms with Gasteiger partial charge >= 0.3 is 0 Å². The smallest absolute Gasteiger partial charge is 0.243 e. The highest BCUT2D eigenvalue weighted by Crippen LogP contribution is 2.19. The Morgan fingerprint density at radius 2 is 1.70 bits per heavy atom. The Balaban J connectivity index is 1.77. The summed E-state index contributed by atoms with van der Waals surface area (Å²) in [6.45, 7) is 3.79. The summed E-state index contributed by atoms with van der Waals surface area (Å²) in [4.78, 5) is 31.7. The van der Waals surface area contributed by atoms with Crippen molar-refractivity contribution in [3.63, 3.8) is 0 Å². The van der Waals surface area contributed by atoms with Gasteiger partial charge in [0.05, 0.1) is 12.3 Å². The van der Waals surface area contributed by atoms with Crippen LogP contribution in [0.25, 0.3) is 0 Å². The van der Waals surface area contributed by atoms with E-state index >= 15 is 0 Å². The Hall–Kier alpha value is -2.41. The number of amides is 2. The molecule has 0 radical (unpaired) electrons. The molecule has 0 aliphatic carbocycles. The van der Waals surface area contributed by atoms with E-state index in [0.29, 0.717) is 5.16 Å². The lowest BCUT2D eigenvalue weighted by Crippen LogP contribution is -2.34. The minimum atomic E-state index is -0.253. The van der Waals surface area contributed by atoms with Crippen molar-refractivity contribution in [2.24, 2.45) is 0 Å². The van der Waals surface area contributed by atoms with Crippen molar-refractivity contribution in [3.8, 4) is 0 Å². The molecule has 0 aliphatic rings. The number of nitrogens with one attached hydrogen (secondary N) is 2. The molecule has 120 valence electrons. The third-order valence-corrected chi connectivity index (χ3v) is 3.94. The number of carbonyl (C=O) groups excluding carboxylic acids is 2. The minimum Gasteiger partial charge on any atom is -0.346 e. The summed E-state index contributed by atoms with van der Waals surface area (Å²) in [5.41, 5.74) is 2.77. The molecule has 1 aromatic heterocycles. The van der Waals surface area contributed by atoms with Crippen molar-refractivity contribution in [2.45, 2.75) is 19.0 Å². The van der Waals surface area contributed by atoms with Crippen molar-refractivity contribution in [2.75, 3.05) is 17.6 Å². The molecule has 0 spiro atoms. The number of aromatic nitrogens is 2. The summed E-state index contributed by atoms with van der Waals surface area (Å²) in [6, 6.07) is 7.50. The molecule has 0 unspecified atom stereocenters. The fraction of sp³-hybridized carbons (Fsp3) is 0.250. The van der Waals surface area contributed by atoms with Crippen molar-refractivity contribution < 1.29 is 9.59 Å². The van der Waals surface area contributed by atoms with Gasteiger partial charge in [0.15, 0.2) is 5.16 Å². The van der Waals surface area contributed by atoms with E-state index in [4.69, 9.17) is 0 Å². The van der Waals surface area contributed by atoms with Crippen LogP contribution in [0.3, 0.4) is 0 Å². The molecule has 2 aromatic rings. The average Bonchev–Trinajstić information content (AvgIpc) is 2.55. The lowest BCUT2D eigenvalue weighted by atomic mass is 10.1. The first-order valence-electron chi connectivity index (χ1n) is 7.09.